The van der Waals surface area contributed by atoms with Crippen LogP contribution in [-0.2, 0) is 10.0 Å². The summed E-state index contributed by atoms with van der Waals surface area (Å²) in [5.74, 6) is 0.306. The number of carbonyl (C=O) groups is 1. The normalized spacial score (nSPS) is 15.7. The van der Waals surface area contributed by atoms with Crippen LogP contribution in [-0.4, -0.2) is 38.9 Å². The van der Waals surface area contributed by atoms with Gasteiger partial charge in [-0.3, -0.25) is 0 Å². The van der Waals surface area contributed by atoms with Gasteiger partial charge in [-0.1, -0.05) is 6.42 Å². The van der Waals surface area contributed by atoms with Crippen LogP contribution in [0.25, 0.3) is 0 Å². The lowest BCUT2D eigenvalue weighted by atomic mass is 10.2. The number of hydrogen-bond donors (Lipinski definition) is 0. The molecule has 25 heavy (non-hydrogen) atoms. The molecule has 0 aliphatic carbocycles. The molecule has 1 aromatic heterocycles. The number of carbonyl (C=O) groups excluding carboxylic acids is 1. The quantitative estimate of drug-likeness (QED) is 0.588. The van der Waals surface area contributed by atoms with Crippen molar-refractivity contribution in [2.45, 2.75) is 24.2 Å². The van der Waals surface area contributed by atoms with Crippen molar-refractivity contribution in [2.75, 3.05) is 20.2 Å². The fourth-order valence-corrected chi connectivity index (χ4v) is 5.47. The first-order chi connectivity index (χ1) is 12.0. The first-order valence-corrected chi connectivity index (χ1v) is 10.3. The summed E-state index contributed by atoms with van der Waals surface area (Å²) in [6.07, 6.45) is 2.71. The van der Waals surface area contributed by atoms with E-state index in [1.165, 1.54) is 10.4 Å². The van der Waals surface area contributed by atoms with Gasteiger partial charge in [0.05, 0.1) is 7.11 Å². The number of nitrogens with zero attached hydrogens (tertiary/aromatic N) is 1. The summed E-state index contributed by atoms with van der Waals surface area (Å²) in [6.45, 7) is 0.982. The lowest BCUT2D eigenvalue weighted by Gasteiger charge is -2.25. The zero-order chi connectivity index (χ0) is 17.9. The number of rotatable bonds is 5. The molecule has 0 amide bonds. The number of hydrogen-bond acceptors (Lipinski definition) is 6. The largest absolute Gasteiger partial charge is 0.497 e. The molecule has 1 aliphatic rings. The summed E-state index contributed by atoms with van der Waals surface area (Å²) < 4.78 is 37.5. The molecule has 0 N–H and O–H groups in total. The van der Waals surface area contributed by atoms with Gasteiger partial charge < -0.3 is 9.47 Å². The average molecular weight is 381 g/mol. The van der Waals surface area contributed by atoms with Crippen LogP contribution in [0.1, 0.15) is 28.9 Å². The van der Waals surface area contributed by atoms with Crippen LogP contribution >= 0.6 is 11.3 Å². The van der Waals surface area contributed by atoms with E-state index in [1.807, 2.05) is 0 Å². The molecule has 0 unspecified atom stereocenters. The summed E-state index contributed by atoms with van der Waals surface area (Å²) in [7, 11) is -2.13. The Labute approximate surface area is 151 Å². The molecule has 8 heteroatoms. The van der Waals surface area contributed by atoms with Crippen LogP contribution < -0.4 is 9.47 Å². The van der Waals surface area contributed by atoms with Crippen molar-refractivity contribution >= 4 is 27.3 Å². The maximum absolute atomic E-state index is 12.8. The van der Waals surface area contributed by atoms with Gasteiger partial charge in [0.1, 0.15) is 21.3 Å². The molecule has 3 rings (SSSR count). The molecule has 0 radical (unpaired) electrons. The minimum atomic E-state index is -3.67. The van der Waals surface area contributed by atoms with Gasteiger partial charge in [0, 0.05) is 13.1 Å². The van der Waals surface area contributed by atoms with E-state index in [0.29, 0.717) is 24.6 Å². The van der Waals surface area contributed by atoms with Crippen molar-refractivity contribution in [3.63, 3.8) is 0 Å². The Balaban J connectivity index is 1.81. The Morgan fingerprint density at radius 3 is 2.32 bits per heavy atom. The third kappa shape index (κ3) is 3.86. The fraction of sp³-hybridized carbons (Fsp3) is 0.353. The SMILES string of the molecule is COc1ccc(OC(=O)c2sccc2S(=O)(=O)N2CCCCC2)cc1. The Hall–Kier alpha value is -1.90. The van der Waals surface area contributed by atoms with E-state index in [0.717, 1.165) is 30.6 Å². The topological polar surface area (TPSA) is 72.9 Å². The van der Waals surface area contributed by atoms with Gasteiger partial charge in [-0.2, -0.15) is 4.31 Å². The summed E-state index contributed by atoms with van der Waals surface area (Å²) in [5, 5.41) is 1.60. The van der Waals surface area contributed by atoms with E-state index in [1.54, 1.807) is 36.8 Å². The van der Waals surface area contributed by atoms with E-state index in [-0.39, 0.29) is 9.77 Å². The predicted octanol–water partition coefficient (Wildman–Crippen LogP) is 3.15. The highest BCUT2D eigenvalue weighted by atomic mass is 32.2. The zero-order valence-corrected chi connectivity index (χ0v) is 15.4. The highest BCUT2D eigenvalue weighted by molar-refractivity contribution is 7.89. The second-order valence-electron chi connectivity index (χ2n) is 5.64. The molecule has 2 aromatic rings. The molecule has 0 spiro atoms. The monoisotopic (exact) mass is 381 g/mol. The highest BCUT2D eigenvalue weighted by Crippen LogP contribution is 2.28. The van der Waals surface area contributed by atoms with Crippen molar-refractivity contribution in [3.8, 4) is 11.5 Å². The second-order valence-corrected chi connectivity index (χ2v) is 8.47. The van der Waals surface area contributed by atoms with Crippen molar-refractivity contribution in [1.82, 2.24) is 4.31 Å². The molecule has 2 heterocycles. The van der Waals surface area contributed by atoms with E-state index in [9.17, 15) is 13.2 Å². The van der Waals surface area contributed by atoms with Gasteiger partial charge in [0.15, 0.2) is 0 Å². The molecule has 0 atom stereocenters. The minimum Gasteiger partial charge on any atom is -0.497 e. The van der Waals surface area contributed by atoms with Gasteiger partial charge in [0.25, 0.3) is 0 Å². The number of thiophene rings is 1. The molecule has 1 fully saturated rings. The van der Waals surface area contributed by atoms with Gasteiger partial charge in [0.2, 0.25) is 10.0 Å². The Morgan fingerprint density at radius 2 is 1.68 bits per heavy atom. The lowest BCUT2D eigenvalue weighted by Crippen LogP contribution is -2.36. The highest BCUT2D eigenvalue weighted by Gasteiger charge is 2.31. The Bertz CT molecular complexity index is 836. The van der Waals surface area contributed by atoms with Crippen LogP contribution in [0.15, 0.2) is 40.6 Å². The van der Waals surface area contributed by atoms with E-state index >= 15 is 0 Å². The van der Waals surface area contributed by atoms with Gasteiger partial charge >= 0.3 is 5.97 Å². The molecule has 0 bridgehead atoms. The first kappa shape index (κ1) is 17.9. The van der Waals surface area contributed by atoms with Crippen LogP contribution in [0.2, 0.25) is 0 Å². The van der Waals surface area contributed by atoms with Gasteiger partial charge in [-0.15, -0.1) is 11.3 Å². The van der Waals surface area contributed by atoms with E-state index < -0.39 is 16.0 Å². The Morgan fingerprint density at radius 1 is 1.04 bits per heavy atom. The van der Waals surface area contributed by atoms with Crippen molar-refractivity contribution in [2.24, 2.45) is 0 Å². The maximum Gasteiger partial charge on any atom is 0.355 e. The first-order valence-electron chi connectivity index (χ1n) is 7.96. The Kier molecular flexibility index (Phi) is 5.41. The van der Waals surface area contributed by atoms with Crippen LogP contribution in [0, 0.1) is 0 Å². The van der Waals surface area contributed by atoms with Crippen molar-refractivity contribution in [1.29, 1.82) is 0 Å². The molecule has 0 saturated carbocycles. The molecule has 134 valence electrons. The fourth-order valence-electron chi connectivity index (χ4n) is 2.69. The molecule has 6 nitrogen and oxygen atoms in total. The van der Waals surface area contributed by atoms with Crippen molar-refractivity contribution in [3.05, 3.63) is 40.6 Å². The average Bonchev–Trinajstić information content (AvgIpc) is 3.14. The molecular formula is C17H19NO5S2. The van der Waals surface area contributed by atoms with Gasteiger partial charge in [-0.25, -0.2) is 13.2 Å². The van der Waals surface area contributed by atoms with Gasteiger partial charge in [-0.05, 0) is 48.6 Å². The lowest BCUT2D eigenvalue weighted by molar-refractivity contribution is 0.0736. The minimum absolute atomic E-state index is 0.0258. The molecule has 1 saturated heterocycles. The summed E-state index contributed by atoms with van der Waals surface area (Å²) in [6, 6.07) is 8.01. The zero-order valence-electron chi connectivity index (χ0n) is 13.8. The van der Waals surface area contributed by atoms with Crippen LogP contribution in [0.4, 0.5) is 0 Å². The predicted molar refractivity (Wildman–Crippen MR) is 94.9 cm³/mol. The number of piperidine rings is 1. The third-order valence-electron chi connectivity index (χ3n) is 4.02. The number of methoxy groups -OCH3 is 1. The van der Waals surface area contributed by atoms with Crippen LogP contribution in [0.3, 0.4) is 0 Å². The second kappa shape index (κ2) is 7.55. The number of sulfonamides is 1. The molecular weight excluding hydrogens is 362 g/mol. The summed E-state index contributed by atoms with van der Waals surface area (Å²) in [4.78, 5) is 12.6. The smallest absolute Gasteiger partial charge is 0.355 e. The van der Waals surface area contributed by atoms with E-state index in [2.05, 4.69) is 0 Å². The number of benzene rings is 1. The number of esters is 1. The van der Waals surface area contributed by atoms with Crippen LogP contribution in [0.5, 0.6) is 11.5 Å². The van der Waals surface area contributed by atoms with E-state index in [4.69, 9.17) is 9.47 Å². The summed E-state index contributed by atoms with van der Waals surface area (Å²) in [5.41, 5.74) is 0. The number of ether oxygens (including phenoxy) is 2. The third-order valence-corrected chi connectivity index (χ3v) is 6.98. The summed E-state index contributed by atoms with van der Waals surface area (Å²) >= 11 is 1.07. The van der Waals surface area contributed by atoms with Crippen molar-refractivity contribution < 1.29 is 22.7 Å². The molecule has 1 aromatic carbocycles. The molecule has 1 aliphatic heterocycles. The maximum atomic E-state index is 12.8. The standard InChI is InChI=1S/C17H19NO5S2/c1-22-13-5-7-14(8-6-13)23-17(19)16-15(9-12-24-16)25(20,21)18-10-3-2-4-11-18/h5-9,12H,2-4,10-11H2,1H3.